The first-order chi connectivity index (χ1) is 5.84. The highest BCUT2D eigenvalue weighted by Crippen LogP contribution is 2.15. The minimum Gasteiger partial charge on any atom is -0.370 e. The lowest BCUT2D eigenvalue weighted by Crippen LogP contribution is -2.18. The minimum absolute atomic E-state index is 0.0538. The highest BCUT2D eigenvalue weighted by atomic mass is 16.5. The SMILES string of the molecule is CCCCCC(=O)C1CCCO1. The molecule has 12 heavy (non-hydrogen) atoms. The van der Waals surface area contributed by atoms with Gasteiger partial charge >= 0.3 is 0 Å². The maximum Gasteiger partial charge on any atom is 0.161 e. The first kappa shape index (κ1) is 9.72. The van der Waals surface area contributed by atoms with E-state index in [1.807, 2.05) is 0 Å². The Labute approximate surface area is 74.3 Å². The van der Waals surface area contributed by atoms with E-state index in [-0.39, 0.29) is 6.10 Å². The van der Waals surface area contributed by atoms with Crippen LogP contribution in [0.1, 0.15) is 45.4 Å². The summed E-state index contributed by atoms with van der Waals surface area (Å²) in [6.07, 6.45) is 6.06. The maximum absolute atomic E-state index is 11.4. The van der Waals surface area contributed by atoms with Crippen molar-refractivity contribution in [3.8, 4) is 0 Å². The fourth-order valence-electron chi connectivity index (χ4n) is 1.54. The van der Waals surface area contributed by atoms with Crippen LogP contribution in [0.25, 0.3) is 0 Å². The normalized spacial score (nSPS) is 22.9. The molecule has 1 saturated heterocycles. The molecule has 70 valence electrons. The predicted molar refractivity (Wildman–Crippen MR) is 48.1 cm³/mol. The molecule has 2 heteroatoms. The second-order valence-electron chi connectivity index (χ2n) is 3.43. The number of rotatable bonds is 5. The van der Waals surface area contributed by atoms with Crippen molar-refractivity contribution in [2.75, 3.05) is 6.61 Å². The molecule has 1 fully saturated rings. The van der Waals surface area contributed by atoms with E-state index in [4.69, 9.17) is 4.74 Å². The molecular formula is C10H18O2. The van der Waals surface area contributed by atoms with Crippen molar-refractivity contribution in [3.05, 3.63) is 0 Å². The predicted octanol–water partition coefficient (Wildman–Crippen LogP) is 2.31. The largest absolute Gasteiger partial charge is 0.370 e. The summed E-state index contributed by atoms with van der Waals surface area (Å²) < 4.78 is 5.30. The molecule has 0 spiro atoms. The Morgan fingerprint density at radius 1 is 1.50 bits per heavy atom. The van der Waals surface area contributed by atoms with Gasteiger partial charge in [-0.05, 0) is 19.3 Å². The molecular weight excluding hydrogens is 152 g/mol. The van der Waals surface area contributed by atoms with E-state index in [1.54, 1.807) is 0 Å². The summed E-state index contributed by atoms with van der Waals surface area (Å²) in [5.41, 5.74) is 0. The fourth-order valence-corrected chi connectivity index (χ4v) is 1.54. The van der Waals surface area contributed by atoms with E-state index in [0.29, 0.717) is 5.78 Å². The average molecular weight is 170 g/mol. The van der Waals surface area contributed by atoms with Gasteiger partial charge in [0, 0.05) is 13.0 Å². The van der Waals surface area contributed by atoms with Crippen LogP contribution in [0, 0.1) is 0 Å². The molecule has 0 saturated carbocycles. The van der Waals surface area contributed by atoms with Crippen LogP contribution in [0.2, 0.25) is 0 Å². The summed E-state index contributed by atoms with van der Waals surface area (Å²) >= 11 is 0. The molecule has 0 aromatic heterocycles. The van der Waals surface area contributed by atoms with Crippen LogP contribution >= 0.6 is 0 Å². The van der Waals surface area contributed by atoms with Crippen molar-refractivity contribution in [2.45, 2.75) is 51.6 Å². The lowest BCUT2D eigenvalue weighted by atomic mass is 10.1. The summed E-state index contributed by atoms with van der Waals surface area (Å²) in [4.78, 5) is 11.4. The topological polar surface area (TPSA) is 26.3 Å². The van der Waals surface area contributed by atoms with Crippen molar-refractivity contribution in [1.29, 1.82) is 0 Å². The van der Waals surface area contributed by atoms with Crippen LogP contribution < -0.4 is 0 Å². The number of unbranched alkanes of at least 4 members (excludes halogenated alkanes) is 2. The highest BCUT2D eigenvalue weighted by molar-refractivity contribution is 5.83. The third kappa shape index (κ3) is 2.94. The van der Waals surface area contributed by atoms with Crippen LogP contribution in [0.5, 0.6) is 0 Å². The van der Waals surface area contributed by atoms with Crippen LogP contribution in [-0.4, -0.2) is 18.5 Å². The monoisotopic (exact) mass is 170 g/mol. The third-order valence-corrected chi connectivity index (χ3v) is 2.32. The molecule has 0 bridgehead atoms. The molecule has 0 aromatic rings. The zero-order valence-electron chi connectivity index (χ0n) is 7.84. The number of hydrogen-bond donors (Lipinski definition) is 0. The lowest BCUT2D eigenvalue weighted by Gasteiger charge is -2.06. The van der Waals surface area contributed by atoms with Gasteiger partial charge in [0.2, 0.25) is 0 Å². The van der Waals surface area contributed by atoms with E-state index >= 15 is 0 Å². The van der Waals surface area contributed by atoms with Crippen LogP contribution in [-0.2, 0) is 9.53 Å². The van der Waals surface area contributed by atoms with Crippen LogP contribution in [0.3, 0.4) is 0 Å². The summed E-state index contributed by atoms with van der Waals surface area (Å²) in [6.45, 7) is 2.93. The quantitative estimate of drug-likeness (QED) is 0.592. The minimum atomic E-state index is -0.0538. The van der Waals surface area contributed by atoms with Gasteiger partial charge in [-0.1, -0.05) is 19.8 Å². The van der Waals surface area contributed by atoms with E-state index in [1.165, 1.54) is 12.8 Å². The van der Waals surface area contributed by atoms with Crippen LogP contribution in [0.4, 0.5) is 0 Å². The molecule has 0 N–H and O–H groups in total. The van der Waals surface area contributed by atoms with Crippen molar-refractivity contribution in [1.82, 2.24) is 0 Å². The Morgan fingerprint density at radius 3 is 2.92 bits per heavy atom. The van der Waals surface area contributed by atoms with E-state index in [9.17, 15) is 4.79 Å². The fraction of sp³-hybridized carbons (Fsp3) is 0.900. The van der Waals surface area contributed by atoms with Gasteiger partial charge in [-0.15, -0.1) is 0 Å². The van der Waals surface area contributed by atoms with Crippen molar-refractivity contribution >= 4 is 5.78 Å². The first-order valence-corrected chi connectivity index (χ1v) is 4.99. The summed E-state index contributed by atoms with van der Waals surface area (Å²) in [7, 11) is 0. The second kappa shape index (κ2) is 5.31. The van der Waals surface area contributed by atoms with Crippen molar-refractivity contribution in [3.63, 3.8) is 0 Å². The van der Waals surface area contributed by atoms with Crippen molar-refractivity contribution in [2.24, 2.45) is 0 Å². The van der Waals surface area contributed by atoms with Gasteiger partial charge in [-0.25, -0.2) is 0 Å². The molecule has 1 rings (SSSR count). The maximum atomic E-state index is 11.4. The highest BCUT2D eigenvalue weighted by Gasteiger charge is 2.22. The first-order valence-electron chi connectivity index (χ1n) is 4.99. The Kier molecular flexibility index (Phi) is 4.30. The summed E-state index contributed by atoms with van der Waals surface area (Å²) in [5.74, 6) is 0.320. The van der Waals surface area contributed by atoms with Gasteiger partial charge in [0.25, 0.3) is 0 Å². The Hall–Kier alpha value is -0.370. The summed E-state index contributed by atoms with van der Waals surface area (Å²) in [5, 5.41) is 0. The van der Waals surface area contributed by atoms with E-state index in [0.717, 1.165) is 32.3 Å². The average Bonchev–Trinajstić information content (AvgIpc) is 2.56. The Morgan fingerprint density at radius 2 is 2.33 bits per heavy atom. The van der Waals surface area contributed by atoms with Gasteiger partial charge in [-0.2, -0.15) is 0 Å². The molecule has 0 amide bonds. The molecule has 1 heterocycles. The standard InChI is InChI=1S/C10H18O2/c1-2-3-4-6-9(11)10-7-5-8-12-10/h10H,2-8H2,1H3. The number of carbonyl (C=O) groups is 1. The number of ketones is 1. The van der Waals surface area contributed by atoms with E-state index < -0.39 is 0 Å². The smallest absolute Gasteiger partial charge is 0.161 e. The summed E-state index contributed by atoms with van der Waals surface area (Å²) in [6, 6.07) is 0. The molecule has 0 aromatic carbocycles. The molecule has 2 nitrogen and oxygen atoms in total. The molecule has 1 aliphatic rings. The zero-order valence-corrected chi connectivity index (χ0v) is 7.84. The van der Waals surface area contributed by atoms with E-state index in [2.05, 4.69) is 6.92 Å². The Balaban J connectivity index is 2.10. The van der Waals surface area contributed by atoms with Gasteiger partial charge in [0.05, 0.1) is 0 Å². The van der Waals surface area contributed by atoms with Gasteiger partial charge in [0.15, 0.2) is 5.78 Å². The molecule has 0 radical (unpaired) electrons. The molecule has 1 atom stereocenters. The molecule has 1 aliphatic heterocycles. The Bertz CT molecular complexity index is 137. The zero-order chi connectivity index (χ0) is 8.81. The van der Waals surface area contributed by atoms with Gasteiger partial charge < -0.3 is 4.74 Å². The van der Waals surface area contributed by atoms with Gasteiger partial charge in [0.1, 0.15) is 6.10 Å². The molecule has 1 unspecified atom stereocenters. The number of ether oxygens (including phenoxy) is 1. The number of carbonyl (C=O) groups excluding carboxylic acids is 1. The third-order valence-electron chi connectivity index (χ3n) is 2.32. The van der Waals surface area contributed by atoms with Gasteiger partial charge in [-0.3, -0.25) is 4.79 Å². The lowest BCUT2D eigenvalue weighted by molar-refractivity contribution is -0.127. The number of hydrogen-bond acceptors (Lipinski definition) is 2. The van der Waals surface area contributed by atoms with Crippen LogP contribution in [0.15, 0.2) is 0 Å². The molecule has 0 aliphatic carbocycles. The van der Waals surface area contributed by atoms with Crippen molar-refractivity contribution < 1.29 is 9.53 Å². The number of Topliss-reactive ketones (excluding diaryl/α,β-unsaturated/α-hetero) is 1. The second-order valence-corrected chi connectivity index (χ2v) is 3.43.